The second-order valence-electron chi connectivity index (χ2n) is 1.42. The summed E-state index contributed by atoms with van der Waals surface area (Å²) < 4.78 is 0. The first-order chi connectivity index (χ1) is 4.41. The van der Waals surface area contributed by atoms with Crippen LogP contribution in [0.25, 0.3) is 0 Å². The van der Waals surface area contributed by atoms with E-state index in [2.05, 4.69) is 26.8 Å². The molecular formula is C5H13ClN4. The molecule has 0 aliphatic heterocycles. The van der Waals surface area contributed by atoms with Crippen molar-refractivity contribution in [2.24, 2.45) is 10.1 Å². The van der Waals surface area contributed by atoms with Crippen LogP contribution < -0.4 is 10.7 Å². The Bertz CT molecular complexity index is 108. The summed E-state index contributed by atoms with van der Waals surface area (Å²) >= 11 is 0. The van der Waals surface area contributed by atoms with Gasteiger partial charge < -0.3 is 10.7 Å². The van der Waals surface area contributed by atoms with E-state index >= 15 is 0 Å². The topological polar surface area (TPSA) is 48.8 Å². The summed E-state index contributed by atoms with van der Waals surface area (Å²) in [5, 5.41) is 6.50. The number of hydrogen-bond acceptors (Lipinski definition) is 4. The van der Waals surface area contributed by atoms with Gasteiger partial charge in [0, 0.05) is 13.6 Å². The average Bonchev–Trinajstić information content (AvgIpc) is 1.89. The molecule has 0 radical (unpaired) electrons. The molecule has 0 unspecified atom stereocenters. The summed E-state index contributed by atoms with van der Waals surface area (Å²) in [6.45, 7) is 1.59. The second-order valence-corrected chi connectivity index (χ2v) is 1.42. The molecule has 0 aromatic carbocycles. The van der Waals surface area contributed by atoms with E-state index in [-0.39, 0.29) is 12.4 Å². The number of likely N-dealkylation sites (N-methyl/N-ethyl adjacent to an activating group) is 1. The van der Waals surface area contributed by atoms with Crippen molar-refractivity contribution >= 4 is 18.4 Å². The van der Waals surface area contributed by atoms with Crippen LogP contribution in [0.4, 0.5) is 0 Å². The molecule has 0 rings (SSSR count). The van der Waals surface area contributed by atoms with Gasteiger partial charge in [0.2, 0.25) is 0 Å². The molecule has 0 aliphatic carbocycles. The van der Waals surface area contributed by atoms with Gasteiger partial charge in [-0.3, -0.25) is 0 Å². The van der Waals surface area contributed by atoms with Crippen LogP contribution in [0.3, 0.4) is 0 Å². The largest absolute Gasteiger partial charge is 0.318 e. The van der Waals surface area contributed by atoms with Crippen molar-refractivity contribution in [1.82, 2.24) is 10.7 Å². The Hall–Kier alpha value is -0.570. The number of halogens is 1. The lowest BCUT2D eigenvalue weighted by Crippen LogP contribution is -2.10. The summed E-state index contributed by atoms with van der Waals surface area (Å²) in [5.41, 5.74) is 2.54. The van der Waals surface area contributed by atoms with Gasteiger partial charge in [-0.25, -0.2) is 4.99 Å². The third kappa shape index (κ3) is 10.4. The molecule has 0 spiro atoms. The highest BCUT2D eigenvalue weighted by molar-refractivity contribution is 5.85. The van der Waals surface area contributed by atoms with Gasteiger partial charge in [-0.15, -0.1) is 17.5 Å². The minimum atomic E-state index is 0. The Labute approximate surface area is 67.2 Å². The standard InChI is InChI=1S/C5H12N4.ClH/c1-6-3-4-8-5-9-7-2;/h6-7H,3-4H2,1-2H3;1H. The predicted octanol–water partition coefficient (Wildman–Crippen LogP) is -0.0641. The highest BCUT2D eigenvalue weighted by Crippen LogP contribution is 1.60. The van der Waals surface area contributed by atoms with Gasteiger partial charge in [0.05, 0.1) is 6.54 Å². The number of hydrazone groups is 1. The fourth-order valence-corrected chi connectivity index (χ4v) is 0.303. The lowest BCUT2D eigenvalue weighted by Gasteiger charge is -1.86. The Morgan fingerprint density at radius 2 is 2.10 bits per heavy atom. The monoisotopic (exact) mass is 164 g/mol. The quantitative estimate of drug-likeness (QED) is 0.348. The van der Waals surface area contributed by atoms with Crippen molar-refractivity contribution < 1.29 is 0 Å². The van der Waals surface area contributed by atoms with Crippen LogP contribution >= 0.6 is 12.4 Å². The van der Waals surface area contributed by atoms with Crippen molar-refractivity contribution in [3.8, 4) is 0 Å². The van der Waals surface area contributed by atoms with Crippen molar-refractivity contribution in [2.75, 3.05) is 27.2 Å². The maximum absolute atomic E-state index is 3.81. The third-order valence-electron chi connectivity index (χ3n) is 0.706. The molecule has 0 bridgehead atoms. The molecule has 0 saturated heterocycles. The summed E-state index contributed by atoms with van der Waals surface area (Å²) in [4.78, 5) is 3.81. The SMILES string of the molecule is CNCCN=C=NNC.Cl. The Morgan fingerprint density at radius 1 is 1.40 bits per heavy atom. The van der Waals surface area contributed by atoms with Crippen LogP contribution in [0, 0.1) is 0 Å². The molecule has 10 heavy (non-hydrogen) atoms. The fourth-order valence-electron chi connectivity index (χ4n) is 0.303. The smallest absolute Gasteiger partial charge is 0.114 e. The lowest BCUT2D eigenvalue weighted by atomic mass is 10.7. The first-order valence-electron chi connectivity index (χ1n) is 2.84. The Kier molecular flexibility index (Phi) is 13.7. The Morgan fingerprint density at radius 3 is 2.60 bits per heavy atom. The van der Waals surface area contributed by atoms with Crippen LogP contribution in [-0.2, 0) is 0 Å². The number of nitrogens with zero attached hydrogens (tertiary/aromatic N) is 2. The van der Waals surface area contributed by atoms with E-state index in [4.69, 9.17) is 0 Å². The minimum absolute atomic E-state index is 0. The predicted molar refractivity (Wildman–Crippen MR) is 45.0 cm³/mol. The number of aliphatic imine (C=N–C) groups is 1. The van der Waals surface area contributed by atoms with E-state index in [1.165, 1.54) is 0 Å². The maximum atomic E-state index is 3.81. The fraction of sp³-hybridized carbons (Fsp3) is 0.800. The Balaban J connectivity index is 0. The van der Waals surface area contributed by atoms with E-state index in [0.29, 0.717) is 0 Å². The van der Waals surface area contributed by atoms with E-state index < -0.39 is 0 Å². The van der Waals surface area contributed by atoms with E-state index in [1.807, 2.05) is 7.05 Å². The zero-order valence-electron chi connectivity index (χ0n) is 6.22. The van der Waals surface area contributed by atoms with Crippen molar-refractivity contribution in [1.29, 1.82) is 0 Å². The van der Waals surface area contributed by atoms with Crippen molar-refractivity contribution in [2.45, 2.75) is 0 Å². The molecule has 0 saturated carbocycles. The summed E-state index contributed by atoms with van der Waals surface area (Å²) in [6, 6.07) is 2.47. The maximum Gasteiger partial charge on any atom is 0.114 e. The van der Waals surface area contributed by atoms with Crippen LogP contribution in [0.5, 0.6) is 0 Å². The van der Waals surface area contributed by atoms with Crippen LogP contribution in [0.1, 0.15) is 0 Å². The molecule has 0 aromatic heterocycles. The summed E-state index contributed by atoms with van der Waals surface area (Å²) in [6.07, 6.45) is 0. The molecule has 60 valence electrons. The first-order valence-corrected chi connectivity index (χ1v) is 2.84. The second kappa shape index (κ2) is 11.3. The third-order valence-corrected chi connectivity index (χ3v) is 0.706. The first kappa shape index (κ1) is 12.1. The van der Waals surface area contributed by atoms with Gasteiger partial charge in [-0.05, 0) is 7.05 Å². The molecule has 0 aliphatic rings. The highest BCUT2D eigenvalue weighted by Gasteiger charge is 1.72. The zero-order chi connectivity index (χ0) is 6.95. The molecule has 2 N–H and O–H groups in total. The van der Waals surface area contributed by atoms with Gasteiger partial charge >= 0.3 is 0 Å². The van der Waals surface area contributed by atoms with Crippen molar-refractivity contribution in [3.63, 3.8) is 0 Å². The minimum Gasteiger partial charge on any atom is -0.318 e. The van der Waals surface area contributed by atoms with Crippen LogP contribution in [0.2, 0.25) is 0 Å². The van der Waals surface area contributed by atoms with Crippen LogP contribution in [-0.4, -0.2) is 33.2 Å². The molecule has 0 fully saturated rings. The van der Waals surface area contributed by atoms with Crippen LogP contribution in [0.15, 0.2) is 10.1 Å². The van der Waals surface area contributed by atoms with E-state index in [9.17, 15) is 0 Å². The summed E-state index contributed by atoms with van der Waals surface area (Å²) in [5.74, 6) is 0. The van der Waals surface area contributed by atoms with Gasteiger partial charge in [-0.1, -0.05) is 0 Å². The highest BCUT2D eigenvalue weighted by atomic mass is 35.5. The van der Waals surface area contributed by atoms with Gasteiger partial charge in [0.15, 0.2) is 0 Å². The van der Waals surface area contributed by atoms with E-state index in [1.54, 1.807) is 7.05 Å². The molecular weight excluding hydrogens is 152 g/mol. The number of hydrogen-bond donors (Lipinski definition) is 2. The lowest BCUT2D eigenvalue weighted by molar-refractivity contribution is 0.802. The van der Waals surface area contributed by atoms with Gasteiger partial charge in [0.25, 0.3) is 0 Å². The molecule has 5 heteroatoms. The van der Waals surface area contributed by atoms with Crippen molar-refractivity contribution in [3.05, 3.63) is 0 Å². The molecule has 0 heterocycles. The van der Waals surface area contributed by atoms with Gasteiger partial charge in [0.1, 0.15) is 6.01 Å². The normalized spacial score (nSPS) is 7.00. The molecule has 4 nitrogen and oxygen atoms in total. The van der Waals surface area contributed by atoms with Gasteiger partial charge in [-0.2, -0.15) is 0 Å². The van der Waals surface area contributed by atoms with E-state index in [0.717, 1.165) is 13.1 Å². The number of rotatable bonds is 4. The molecule has 0 amide bonds. The average molecular weight is 165 g/mol. The number of nitrogens with one attached hydrogen (secondary N) is 2. The zero-order valence-corrected chi connectivity index (χ0v) is 7.03. The molecule has 0 atom stereocenters. The molecule has 0 aromatic rings. The summed E-state index contributed by atoms with van der Waals surface area (Å²) in [7, 11) is 3.59.